The molecule has 36 heavy (non-hydrogen) atoms. The predicted octanol–water partition coefficient (Wildman–Crippen LogP) is 8.63. The Morgan fingerprint density at radius 3 is 1.22 bits per heavy atom. The zero-order chi connectivity index (χ0) is 24.5. The largest absolute Gasteiger partial charge is 0.289 e. The van der Waals surface area contributed by atoms with Crippen LogP contribution in [-0.4, -0.2) is 5.78 Å². The van der Waals surface area contributed by atoms with Crippen LogP contribution in [0.15, 0.2) is 144 Å². The fourth-order valence-electron chi connectivity index (χ4n) is 5.47. The fourth-order valence-corrected chi connectivity index (χ4v) is 5.96. The van der Waals surface area contributed by atoms with Crippen LogP contribution in [0.2, 0.25) is 0 Å². The van der Waals surface area contributed by atoms with E-state index in [0.29, 0.717) is 4.48 Å². The summed E-state index contributed by atoms with van der Waals surface area (Å²) in [6.45, 7) is 0. The molecule has 2 aliphatic rings. The van der Waals surface area contributed by atoms with E-state index < -0.39 is 5.41 Å². The van der Waals surface area contributed by atoms with Crippen molar-refractivity contribution in [3.63, 3.8) is 0 Å². The summed E-state index contributed by atoms with van der Waals surface area (Å²) in [6.07, 6.45) is 5.90. The maximum Gasteiger partial charge on any atom is 0.192 e. The summed E-state index contributed by atoms with van der Waals surface area (Å²) in [7, 11) is 0. The van der Waals surface area contributed by atoms with Gasteiger partial charge in [0.1, 0.15) is 0 Å². The van der Waals surface area contributed by atoms with Gasteiger partial charge >= 0.3 is 0 Å². The lowest BCUT2D eigenvalue weighted by Crippen LogP contribution is -2.22. The van der Waals surface area contributed by atoms with Gasteiger partial charge in [-0.15, -0.1) is 0 Å². The van der Waals surface area contributed by atoms with Crippen LogP contribution in [0.5, 0.6) is 0 Å². The van der Waals surface area contributed by atoms with E-state index in [1.807, 2.05) is 12.1 Å². The molecule has 0 N–H and O–H groups in total. The third kappa shape index (κ3) is 3.66. The van der Waals surface area contributed by atoms with E-state index in [0.717, 1.165) is 22.3 Å². The minimum atomic E-state index is -0.633. The first-order chi connectivity index (χ1) is 17.7. The Bertz CT molecular complexity index is 1460. The maximum atomic E-state index is 12.7. The lowest BCUT2D eigenvalue weighted by Gasteiger charge is -2.33. The number of halogens is 1. The van der Waals surface area contributed by atoms with Gasteiger partial charge in [0.2, 0.25) is 0 Å². The van der Waals surface area contributed by atoms with Gasteiger partial charge in [-0.3, -0.25) is 4.79 Å². The molecule has 0 radical (unpaired) electrons. The SMILES string of the molecule is O=C1C=CC2(C=C1Br)C(c1ccccc1)=C(c1ccccc1)C(c1ccccc1)=C2c1ccccc1. The summed E-state index contributed by atoms with van der Waals surface area (Å²) in [4.78, 5) is 12.7. The molecule has 172 valence electrons. The zero-order valence-corrected chi connectivity index (χ0v) is 21.2. The Labute approximate surface area is 220 Å². The molecule has 0 fully saturated rings. The molecule has 0 aliphatic heterocycles. The highest BCUT2D eigenvalue weighted by atomic mass is 79.9. The number of benzene rings is 4. The molecule has 4 aromatic carbocycles. The van der Waals surface area contributed by atoms with Gasteiger partial charge < -0.3 is 0 Å². The van der Waals surface area contributed by atoms with Crippen molar-refractivity contribution in [2.45, 2.75) is 0 Å². The summed E-state index contributed by atoms with van der Waals surface area (Å²) in [5.74, 6) is -0.0186. The fraction of sp³-hybridized carbons (Fsp3) is 0.0294. The van der Waals surface area contributed by atoms with Crippen LogP contribution in [0.4, 0.5) is 0 Å². The molecule has 0 saturated carbocycles. The van der Waals surface area contributed by atoms with E-state index in [1.165, 1.54) is 22.3 Å². The Hall–Kier alpha value is -4.01. The van der Waals surface area contributed by atoms with Crippen molar-refractivity contribution in [2.75, 3.05) is 0 Å². The van der Waals surface area contributed by atoms with Crippen molar-refractivity contribution < 1.29 is 4.79 Å². The Kier molecular flexibility index (Phi) is 5.75. The van der Waals surface area contributed by atoms with Gasteiger partial charge in [0.15, 0.2) is 5.78 Å². The first-order valence-corrected chi connectivity index (χ1v) is 12.8. The van der Waals surface area contributed by atoms with Gasteiger partial charge in [-0.1, -0.05) is 127 Å². The smallest absolute Gasteiger partial charge is 0.192 e. The molecule has 0 amide bonds. The average molecular weight is 527 g/mol. The van der Waals surface area contributed by atoms with E-state index >= 15 is 0 Å². The van der Waals surface area contributed by atoms with Crippen LogP contribution in [0.25, 0.3) is 22.3 Å². The van der Waals surface area contributed by atoms with Gasteiger partial charge in [0.25, 0.3) is 0 Å². The van der Waals surface area contributed by atoms with Crippen molar-refractivity contribution in [3.05, 3.63) is 166 Å². The van der Waals surface area contributed by atoms with Crippen LogP contribution < -0.4 is 0 Å². The number of allylic oxidation sites excluding steroid dienone is 8. The standard InChI is InChI=1S/C34H23BrO/c35-28-23-34(22-21-29(28)36)32(26-17-9-3-10-18-26)30(24-13-5-1-6-14-24)31(25-15-7-2-8-16-25)33(34)27-19-11-4-12-20-27/h1-23H. The van der Waals surface area contributed by atoms with Crippen LogP contribution in [0.3, 0.4) is 0 Å². The molecule has 1 spiro atoms. The van der Waals surface area contributed by atoms with Crippen molar-refractivity contribution in [1.82, 2.24) is 0 Å². The molecular weight excluding hydrogens is 504 g/mol. The average Bonchev–Trinajstić information content (AvgIpc) is 3.23. The quantitative estimate of drug-likeness (QED) is 0.260. The zero-order valence-electron chi connectivity index (χ0n) is 19.6. The number of ketones is 1. The van der Waals surface area contributed by atoms with Gasteiger partial charge in [0.05, 0.1) is 9.90 Å². The highest BCUT2D eigenvalue weighted by molar-refractivity contribution is 9.12. The number of hydrogen-bond donors (Lipinski definition) is 0. The van der Waals surface area contributed by atoms with Gasteiger partial charge in [0, 0.05) is 0 Å². The topological polar surface area (TPSA) is 17.1 Å². The molecule has 1 nitrogen and oxygen atoms in total. The number of carbonyl (C=O) groups excluding carboxylic acids is 1. The van der Waals surface area contributed by atoms with E-state index in [-0.39, 0.29) is 5.78 Å². The predicted molar refractivity (Wildman–Crippen MR) is 153 cm³/mol. The summed E-state index contributed by atoms with van der Waals surface area (Å²) in [5, 5.41) is 0. The van der Waals surface area contributed by atoms with Crippen molar-refractivity contribution in [1.29, 1.82) is 0 Å². The van der Waals surface area contributed by atoms with E-state index in [9.17, 15) is 4.79 Å². The first-order valence-electron chi connectivity index (χ1n) is 12.0. The molecule has 0 atom stereocenters. The molecule has 2 aliphatic carbocycles. The second-order valence-electron chi connectivity index (χ2n) is 9.02. The lowest BCUT2D eigenvalue weighted by molar-refractivity contribution is -0.110. The van der Waals surface area contributed by atoms with Crippen LogP contribution in [-0.2, 0) is 4.79 Å². The Morgan fingerprint density at radius 2 is 0.861 bits per heavy atom. The number of rotatable bonds is 4. The summed E-state index contributed by atoms with van der Waals surface area (Å²) in [5.41, 5.74) is 8.64. The first kappa shape index (κ1) is 22.5. The molecule has 0 unspecified atom stereocenters. The highest BCUT2D eigenvalue weighted by Gasteiger charge is 2.47. The van der Waals surface area contributed by atoms with Crippen molar-refractivity contribution in [2.24, 2.45) is 5.41 Å². The molecule has 0 bridgehead atoms. The third-order valence-electron chi connectivity index (χ3n) is 6.91. The molecule has 0 saturated heterocycles. The molecule has 4 aromatic rings. The third-order valence-corrected chi connectivity index (χ3v) is 7.53. The second kappa shape index (κ2) is 9.22. The van der Waals surface area contributed by atoms with Crippen LogP contribution in [0.1, 0.15) is 22.3 Å². The summed E-state index contributed by atoms with van der Waals surface area (Å²) >= 11 is 3.61. The van der Waals surface area contributed by atoms with Crippen LogP contribution >= 0.6 is 15.9 Å². The van der Waals surface area contributed by atoms with E-state index in [1.54, 1.807) is 6.08 Å². The van der Waals surface area contributed by atoms with Gasteiger partial charge in [-0.2, -0.15) is 0 Å². The molecule has 6 rings (SSSR count). The van der Waals surface area contributed by atoms with Crippen molar-refractivity contribution in [3.8, 4) is 0 Å². The van der Waals surface area contributed by atoms with Gasteiger partial charge in [-0.05, 0) is 72.6 Å². The second-order valence-corrected chi connectivity index (χ2v) is 9.88. The monoisotopic (exact) mass is 526 g/mol. The molecule has 0 aromatic heterocycles. The van der Waals surface area contributed by atoms with Crippen molar-refractivity contribution >= 4 is 44.0 Å². The lowest BCUT2D eigenvalue weighted by atomic mass is 9.69. The Balaban J connectivity index is 1.83. The minimum Gasteiger partial charge on any atom is -0.289 e. The number of hydrogen-bond acceptors (Lipinski definition) is 1. The molecule has 2 heteroatoms. The number of carbonyl (C=O) groups is 1. The van der Waals surface area contributed by atoms with Crippen LogP contribution in [0, 0.1) is 5.41 Å². The van der Waals surface area contributed by atoms with E-state index in [2.05, 4.69) is 137 Å². The van der Waals surface area contributed by atoms with E-state index in [4.69, 9.17) is 0 Å². The summed E-state index contributed by atoms with van der Waals surface area (Å²) in [6, 6.07) is 42.3. The Morgan fingerprint density at radius 1 is 0.500 bits per heavy atom. The maximum absolute atomic E-state index is 12.7. The summed E-state index contributed by atoms with van der Waals surface area (Å²) < 4.78 is 0.577. The van der Waals surface area contributed by atoms with Gasteiger partial charge in [-0.25, -0.2) is 0 Å². The molecular formula is C34H23BrO. The highest BCUT2D eigenvalue weighted by Crippen LogP contribution is 2.63. The normalized spacial score (nSPS) is 16.6. The minimum absolute atomic E-state index is 0.0186. The molecule has 0 heterocycles.